The molecule has 0 saturated carbocycles. The highest BCUT2D eigenvalue weighted by molar-refractivity contribution is 5.95. The molecule has 1 heterocycles. The minimum atomic E-state index is -5.00. The Balaban J connectivity index is 2.34. The van der Waals surface area contributed by atoms with E-state index in [4.69, 9.17) is 5.73 Å². The van der Waals surface area contributed by atoms with Gasteiger partial charge in [-0.2, -0.15) is 13.2 Å². The Morgan fingerprint density at radius 3 is 2.38 bits per heavy atom. The molecule has 0 aliphatic rings. The van der Waals surface area contributed by atoms with Crippen LogP contribution in [-0.2, 0) is 12.7 Å². The first-order chi connectivity index (χ1) is 11.1. The Morgan fingerprint density at radius 2 is 1.83 bits per heavy atom. The minimum absolute atomic E-state index is 0.0266. The second kappa shape index (κ2) is 6.42. The number of carbonyl (C=O) groups is 1. The second-order valence-corrected chi connectivity index (χ2v) is 5.06. The van der Waals surface area contributed by atoms with Crippen LogP contribution in [0.1, 0.15) is 21.5 Å². The van der Waals surface area contributed by atoms with Crippen LogP contribution >= 0.6 is 0 Å². The molecule has 2 aromatic rings. The van der Waals surface area contributed by atoms with Gasteiger partial charge in [0.1, 0.15) is 5.82 Å². The van der Waals surface area contributed by atoms with E-state index in [1.54, 1.807) is 6.07 Å². The van der Waals surface area contributed by atoms with E-state index >= 15 is 0 Å². The molecule has 9 heteroatoms. The van der Waals surface area contributed by atoms with Crippen molar-refractivity contribution >= 4 is 11.7 Å². The average molecular weight is 345 g/mol. The molecular formula is C15H12F5N3O. The predicted octanol–water partition coefficient (Wildman–Crippen LogP) is 3.23. The molecule has 4 nitrogen and oxygen atoms in total. The van der Waals surface area contributed by atoms with Crippen LogP contribution in [0.25, 0.3) is 0 Å². The number of nitrogens with two attached hydrogens (primary N) is 1. The SMILES string of the molecule is CN(Cc1ccc(N)nc1)C(=O)c1cc(F)c(F)cc1C(F)(F)F. The van der Waals surface area contributed by atoms with Crippen LogP contribution in [0, 0.1) is 11.6 Å². The Kier molecular flexibility index (Phi) is 4.72. The molecule has 0 saturated heterocycles. The summed E-state index contributed by atoms with van der Waals surface area (Å²) in [5, 5.41) is 0. The fourth-order valence-electron chi connectivity index (χ4n) is 2.04. The van der Waals surface area contributed by atoms with Gasteiger partial charge >= 0.3 is 6.18 Å². The highest BCUT2D eigenvalue weighted by Gasteiger charge is 2.37. The monoisotopic (exact) mass is 345 g/mol. The summed E-state index contributed by atoms with van der Waals surface area (Å²) in [6.07, 6.45) is -3.64. The van der Waals surface area contributed by atoms with Crippen LogP contribution in [0.4, 0.5) is 27.8 Å². The Labute approximate surface area is 133 Å². The summed E-state index contributed by atoms with van der Waals surface area (Å²) in [4.78, 5) is 17.0. The number of alkyl halides is 3. The van der Waals surface area contributed by atoms with Crippen molar-refractivity contribution in [3.63, 3.8) is 0 Å². The standard InChI is InChI=1S/C15H12F5N3O/c1-23(7-8-2-3-13(21)22-6-8)14(24)9-4-11(16)12(17)5-10(9)15(18,19)20/h2-6H,7H2,1H3,(H2,21,22). The molecule has 0 aliphatic heterocycles. The van der Waals surface area contributed by atoms with Gasteiger partial charge < -0.3 is 10.6 Å². The number of nitrogen functional groups attached to an aromatic ring is 1. The molecule has 0 aliphatic carbocycles. The molecule has 2 rings (SSSR count). The van der Waals surface area contributed by atoms with Crippen molar-refractivity contribution < 1.29 is 26.7 Å². The molecule has 1 aromatic heterocycles. The molecule has 0 atom stereocenters. The molecule has 2 N–H and O–H groups in total. The van der Waals surface area contributed by atoms with Crippen molar-refractivity contribution in [2.24, 2.45) is 0 Å². The quantitative estimate of drug-likeness (QED) is 0.869. The van der Waals surface area contributed by atoms with E-state index in [9.17, 15) is 26.7 Å². The topological polar surface area (TPSA) is 59.2 Å². The number of halogens is 5. The number of nitrogens with zero attached hydrogens (tertiary/aromatic N) is 2. The summed E-state index contributed by atoms with van der Waals surface area (Å²) in [6.45, 7) is -0.0809. The number of hydrogen-bond acceptors (Lipinski definition) is 3. The van der Waals surface area contributed by atoms with Gasteiger partial charge in [0, 0.05) is 19.8 Å². The van der Waals surface area contributed by atoms with Gasteiger partial charge in [0.15, 0.2) is 11.6 Å². The zero-order chi connectivity index (χ0) is 18.1. The number of anilines is 1. The maximum absolute atomic E-state index is 13.3. The molecule has 24 heavy (non-hydrogen) atoms. The smallest absolute Gasteiger partial charge is 0.384 e. The highest BCUT2D eigenvalue weighted by Crippen LogP contribution is 2.34. The minimum Gasteiger partial charge on any atom is -0.384 e. The van der Waals surface area contributed by atoms with E-state index in [1.807, 2.05) is 0 Å². The molecule has 0 fully saturated rings. The second-order valence-electron chi connectivity index (χ2n) is 5.06. The normalized spacial score (nSPS) is 11.4. The fraction of sp³-hybridized carbons (Fsp3) is 0.200. The lowest BCUT2D eigenvalue weighted by Crippen LogP contribution is -2.29. The zero-order valence-electron chi connectivity index (χ0n) is 12.4. The lowest BCUT2D eigenvalue weighted by Gasteiger charge is -2.20. The number of amides is 1. The molecule has 1 amide bonds. The van der Waals surface area contributed by atoms with Gasteiger partial charge in [-0.15, -0.1) is 0 Å². The number of hydrogen-bond donors (Lipinski definition) is 1. The number of benzene rings is 1. The Bertz CT molecular complexity index is 759. The lowest BCUT2D eigenvalue weighted by atomic mass is 10.0. The van der Waals surface area contributed by atoms with E-state index < -0.39 is 34.8 Å². The van der Waals surface area contributed by atoms with E-state index in [1.165, 1.54) is 19.3 Å². The van der Waals surface area contributed by atoms with Crippen LogP contribution < -0.4 is 5.73 Å². The average Bonchev–Trinajstić information content (AvgIpc) is 2.50. The molecule has 0 spiro atoms. The summed E-state index contributed by atoms with van der Waals surface area (Å²) in [6, 6.07) is 3.23. The van der Waals surface area contributed by atoms with Crippen LogP contribution in [0.15, 0.2) is 30.5 Å². The maximum atomic E-state index is 13.3. The summed E-state index contributed by atoms with van der Waals surface area (Å²) < 4.78 is 65.3. The van der Waals surface area contributed by atoms with Crippen molar-refractivity contribution in [1.29, 1.82) is 0 Å². The van der Waals surface area contributed by atoms with Gasteiger partial charge in [-0.05, 0) is 23.8 Å². The first-order valence-corrected chi connectivity index (χ1v) is 6.61. The van der Waals surface area contributed by atoms with E-state index in [2.05, 4.69) is 4.98 Å². The summed E-state index contributed by atoms with van der Waals surface area (Å²) in [5.74, 6) is -4.07. The van der Waals surface area contributed by atoms with E-state index in [-0.39, 0.29) is 24.5 Å². The molecule has 0 radical (unpaired) electrons. The predicted molar refractivity (Wildman–Crippen MR) is 75.8 cm³/mol. The summed E-state index contributed by atoms with van der Waals surface area (Å²) in [5.41, 5.74) is 3.42. The van der Waals surface area contributed by atoms with Gasteiger partial charge in [-0.25, -0.2) is 13.8 Å². The van der Waals surface area contributed by atoms with Crippen molar-refractivity contribution in [3.8, 4) is 0 Å². The molecule has 1 aromatic carbocycles. The van der Waals surface area contributed by atoms with Crippen LogP contribution in [0.5, 0.6) is 0 Å². The third-order valence-electron chi connectivity index (χ3n) is 3.21. The van der Waals surface area contributed by atoms with Crippen LogP contribution in [-0.4, -0.2) is 22.8 Å². The lowest BCUT2D eigenvalue weighted by molar-refractivity contribution is -0.138. The largest absolute Gasteiger partial charge is 0.417 e. The Morgan fingerprint density at radius 1 is 1.21 bits per heavy atom. The summed E-state index contributed by atoms with van der Waals surface area (Å²) in [7, 11) is 1.24. The van der Waals surface area contributed by atoms with Crippen molar-refractivity contribution in [3.05, 3.63) is 58.8 Å². The summed E-state index contributed by atoms with van der Waals surface area (Å²) >= 11 is 0. The van der Waals surface area contributed by atoms with E-state index in [0.29, 0.717) is 5.56 Å². The number of rotatable bonds is 3. The van der Waals surface area contributed by atoms with Gasteiger partial charge in [-0.3, -0.25) is 4.79 Å². The number of aromatic nitrogens is 1. The molecule has 0 unspecified atom stereocenters. The number of pyridine rings is 1. The van der Waals surface area contributed by atoms with Crippen molar-refractivity contribution in [2.45, 2.75) is 12.7 Å². The zero-order valence-corrected chi connectivity index (χ0v) is 12.4. The third-order valence-corrected chi connectivity index (χ3v) is 3.21. The third kappa shape index (κ3) is 3.79. The number of carbonyl (C=O) groups excluding carboxylic acids is 1. The van der Waals surface area contributed by atoms with Gasteiger partial charge in [0.05, 0.1) is 11.1 Å². The van der Waals surface area contributed by atoms with Gasteiger partial charge in [0.2, 0.25) is 0 Å². The van der Waals surface area contributed by atoms with E-state index in [0.717, 1.165) is 4.90 Å². The van der Waals surface area contributed by atoms with Crippen molar-refractivity contribution in [1.82, 2.24) is 9.88 Å². The highest BCUT2D eigenvalue weighted by atomic mass is 19.4. The first-order valence-electron chi connectivity index (χ1n) is 6.61. The van der Waals surface area contributed by atoms with Gasteiger partial charge in [0.25, 0.3) is 5.91 Å². The molecule has 128 valence electrons. The Hall–Kier alpha value is -2.71. The van der Waals surface area contributed by atoms with Crippen LogP contribution in [0.3, 0.4) is 0 Å². The molecular weight excluding hydrogens is 333 g/mol. The van der Waals surface area contributed by atoms with Crippen LogP contribution in [0.2, 0.25) is 0 Å². The van der Waals surface area contributed by atoms with Crippen molar-refractivity contribution in [2.75, 3.05) is 12.8 Å². The maximum Gasteiger partial charge on any atom is 0.417 e. The van der Waals surface area contributed by atoms with Gasteiger partial charge in [-0.1, -0.05) is 6.07 Å². The first kappa shape index (κ1) is 17.6. The molecule has 0 bridgehead atoms. The fourth-order valence-corrected chi connectivity index (χ4v) is 2.04.